The molecule has 8 heteroatoms. The van der Waals surface area contributed by atoms with Crippen molar-refractivity contribution in [1.29, 1.82) is 0 Å². The van der Waals surface area contributed by atoms with Crippen molar-refractivity contribution in [1.82, 2.24) is 4.90 Å². The zero-order valence-corrected chi connectivity index (χ0v) is 16.4. The van der Waals surface area contributed by atoms with Gasteiger partial charge in [0.15, 0.2) is 0 Å². The van der Waals surface area contributed by atoms with E-state index < -0.39 is 10.0 Å². The Morgan fingerprint density at radius 3 is 2.27 bits per heavy atom. The fraction of sp³-hybridized carbons (Fsp3) is 0.278. The molecule has 0 N–H and O–H groups in total. The van der Waals surface area contributed by atoms with Gasteiger partial charge in [-0.1, -0.05) is 23.7 Å². The van der Waals surface area contributed by atoms with E-state index in [0.717, 1.165) is 4.31 Å². The van der Waals surface area contributed by atoms with Crippen LogP contribution in [0.3, 0.4) is 0 Å². The molecule has 0 fully saturated rings. The molecule has 0 aliphatic rings. The number of amides is 1. The average molecular weight is 397 g/mol. The van der Waals surface area contributed by atoms with Crippen molar-refractivity contribution in [2.24, 2.45) is 0 Å². The molecule has 0 radical (unpaired) electrons. The molecule has 0 spiro atoms. The van der Waals surface area contributed by atoms with E-state index in [-0.39, 0.29) is 17.3 Å². The summed E-state index contributed by atoms with van der Waals surface area (Å²) in [5.41, 5.74) is 0.305. The summed E-state index contributed by atoms with van der Waals surface area (Å²) in [6.45, 7) is 1.83. The van der Waals surface area contributed by atoms with Crippen LogP contribution in [0.5, 0.6) is 5.75 Å². The highest BCUT2D eigenvalue weighted by Gasteiger charge is 2.29. The molecule has 0 aliphatic heterocycles. The van der Waals surface area contributed by atoms with Crippen LogP contribution < -0.4 is 9.04 Å². The molecule has 2 rings (SSSR count). The number of carbonyl (C=O) groups is 1. The summed E-state index contributed by atoms with van der Waals surface area (Å²) in [4.78, 5) is 13.7. The van der Waals surface area contributed by atoms with E-state index >= 15 is 0 Å². The smallest absolute Gasteiger partial charge is 0.264 e. The molecular weight excluding hydrogens is 376 g/mol. The second kappa shape index (κ2) is 8.42. The monoisotopic (exact) mass is 396 g/mol. The second-order valence-electron chi connectivity index (χ2n) is 5.65. The molecule has 0 heterocycles. The highest BCUT2D eigenvalue weighted by molar-refractivity contribution is 7.92. The maximum atomic E-state index is 13.2. The van der Waals surface area contributed by atoms with Crippen LogP contribution in [0.25, 0.3) is 0 Å². The normalized spacial score (nSPS) is 11.1. The highest BCUT2D eigenvalue weighted by atomic mass is 35.5. The summed E-state index contributed by atoms with van der Waals surface area (Å²) in [6, 6.07) is 12.5. The van der Waals surface area contributed by atoms with Gasteiger partial charge in [-0.05, 0) is 43.3 Å². The van der Waals surface area contributed by atoms with Gasteiger partial charge in [0.25, 0.3) is 10.0 Å². The Bertz CT molecular complexity index is 867. The third-order valence-electron chi connectivity index (χ3n) is 3.61. The van der Waals surface area contributed by atoms with Gasteiger partial charge >= 0.3 is 0 Å². The van der Waals surface area contributed by atoms with Crippen molar-refractivity contribution in [2.75, 3.05) is 31.6 Å². The molecule has 0 atom stereocenters. The van der Waals surface area contributed by atoms with Gasteiger partial charge in [-0.25, -0.2) is 8.42 Å². The third-order valence-corrected chi connectivity index (χ3v) is 5.64. The van der Waals surface area contributed by atoms with Crippen LogP contribution in [0, 0.1) is 0 Å². The molecular formula is C18H21ClN2O4S. The van der Waals surface area contributed by atoms with E-state index in [0.29, 0.717) is 23.1 Å². The van der Waals surface area contributed by atoms with E-state index in [9.17, 15) is 13.2 Å². The van der Waals surface area contributed by atoms with Crippen LogP contribution >= 0.6 is 11.6 Å². The van der Waals surface area contributed by atoms with Crippen molar-refractivity contribution in [3.05, 3.63) is 53.6 Å². The first kappa shape index (κ1) is 20.1. The number of benzene rings is 2. The zero-order chi connectivity index (χ0) is 19.3. The third kappa shape index (κ3) is 4.47. The van der Waals surface area contributed by atoms with Crippen LogP contribution in [-0.2, 0) is 14.8 Å². The molecule has 0 aromatic heterocycles. The standard InChI is InChI=1S/C18H21ClN2O4S/c1-4-25-17-8-6-5-7-16(17)21(13-18(22)20(2)3)26(23,24)15-11-9-14(19)10-12-15/h5-12H,4,13H2,1-3H3. The Kier molecular flexibility index (Phi) is 6.50. The summed E-state index contributed by atoms with van der Waals surface area (Å²) < 4.78 is 33.0. The zero-order valence-electron chi connectivity index (χ0n) is 14.8. The lowest BCUT2D eigenvalue weighted by Crippen LogP contribution is -2.40. The number of sulfonamides is 1. The van der Waals surface area contributed by atoms with Gasteiger partial charge in [0.05, 0.1) is 17.2 Å². The summed E-state index contributed by atoms with van der Waals surface area (Å²) in [7, 11) is -0.847. The highest BCUT2D eigenvalue weighted by Crippen LogP contribution is 2.32. The van der Waals surface area contributed by atoms with Crippen LogP contribution in [0.4, 0.5) is 5.69 Å². The number of hydrogen-bond acceptors (Lipinski definition) is 4. The minimum atomic E-state index is -3.99. The van der Waals surface area contributed by atoms with Gasteiger partial charge in [-0.3, -0.25) is 9.10 Å². The first-order valence-corrected chi connectivity index (χ1v) is 9.79. The number of carbonyl (C=O) groups excluding carboxylic acids is 1. The molecule has 140 valence electrons. The van der Waals surface area contributed by atoms with Gasteiger partial charge in [0.2, 0.25) is 5.91 Å². The topological polar surface area (TPSA) is 66.9 Å². The molecule has 26 heavy (non-hydrogen) atoms. The van der Waals surface area contributed by atoms with E-state index in [2.05, 4.69) is 0 Å². The number of likely N-dealkylation sites (N-methyl/N-ethyl adjacent to an activating group) is 1. The fourth-order valence-corrected chi connectivity index (χ4v) is 3.79. The largest absolute Gasteiger partial charge is 0.492 e. The molecule has 1 amide bonds. The van der Waals surface area contributed by atoms with Crippen LogP contribution in [0.2, 0.25) is 5.02 Å². The number of para-hydroxylation sites is 2. The predicted molar refractivity (Wildman–Crippen MR) is 102 cm³/mol. The van der Waals surface area contributed by atoms with Crippen molar-refractivity contribution < 1.29 is 17.9 Å². The van der Waals surface area contributed by atoms with E-state index in [1.165, 1.54) is 29.2 Å². The minimum absolute atomic E-state index is 0.0414. The summed E-state index contributed by atoms with van der Waals surface area (Å²) in [6.07, 6.45) is 0. The first-order chi connectivity index (χ1) is 12.3. The van der Waals surface area contributed by atoms with E-state index in [4.69, 9.17) is 16.3 Å². The van der Waals surface area contributed by atoms with Crippen molar-refractivity contribution in [3.8, 4) is 5.75 Å². The van der Waals surface area contributed by atoms with Gasteiger partial charge in [0, 0.05) is 19.1 Å². The average Bonchev–Trinajstić information content (AvgIpc) is 2.60. The SMILES string of the molecule is CCOc1ccccc1N(CC(=O)N(C)C)S(=O)(=O)c1ccc(Cl)cc1. The molecule has 2 aromatic rings. The summed E-state index contributed by atoms with van der Waals surface area (Å²) >= 11 is 5.86. The molecule has 0 saturated heterocycles. The van der Waals surface area contributed by atoms with Gasteiger partial charge in [-0.2, -0.15) is 0 Å². The predicted octanol–water partition coefficient (Wildman–Crippen LogP) is 3.02. The molecule has 0 saturated carbocycles. The number of rotatable bonds is 7. The lowest BCUT2D eigenvalue weighted by atomic mass is 10.3. The van der Waals surface area contributed by atoms with Gasteiger partial charge in [0.1, 0.15) is 12.3 Å². The quantitative estimate of drug-likeness (QED) is 0.721. The maximum Gasteiger partial charge on any atom is 0.264 e. The van der Waals surface area contributed by atoms with Gasteiger partial charge in [-0.15, -0.1) is 0 Å². The fourth-order valence-electron chi connectivity index (χ4n) is 2.24. The molecule has 0 unspecified atom stereocenters. The Morgan fingerprint density at radius 2 is 1.69 bits per heavy atom. The maximum absolute atomic E-state index is 13.2. The van der Waals surface area contributed by atoms with E-state index in [1.54, 1.807) is 45.3 Å². The lowest BCUT2D eigenvalue weighted by Gasteiger charge is -2.27. The molecule has 0 aliphatic carbocycles. The Labute approximate surface area is 159 Å². The number of ether oxygens (including phenoxy) is 1. The van der Waals surface area contributed by atoms with Gasteiger partial charge < -0.3 is 9.64 Å². The summed E-state index contributed by atoms with van der Waals surface area (Å²) in [5, 5.41) is 0.426. The molecule has 6 nitrogen and oxygen atoms in total. The summed E-state index contributed by atoms with van der Waals surface area (Å²) in [5.74, 6) is 0.0351. The van der Waals surface area contributed by atoms with Crippen molar-refractivity contribution >= 4 is 33.2 Å². The number of nitrogens with zero attached hydrogens (tertiary/aromatic N) is 2. The van der Waals surface area contributed by atoms with Crippen LogP contribution in [0.15, 0.2) is 53.4 Å². The number of hydrogen-bond donors (Lipinski definition) is 0. The van der Waals surface area contributed by atoms with E-state index in [1.807, 2.05) is 0 Å². The van der Waals surface area contributed by atoms with Crippen LogP contribution in [0.1, 0.15) is 6.92 Å². The number of anilines is 1. The number of halogens is 1. The van der Waals surface area contributed by atoms with Crippen LogP contribution in [-0.4, -0.2) is 46.5 Å². The Hall–Kier alpha value is -2.25. The Balaban J connectivity index is 2.58. The molecule has 0 bridgehead atoms. The van der Waals surface area contributed by atoms with Crippen molar-refractivity contribution in [3.63, 3.8) is 0 Å². The first-order valence-electron chi connectivity index (χ1n) is 7.97. The Morgan fingerprint density at radius 1 is 1.08 bits per heavy atom. The van der Waals surface area contributed by atoms with Crippen molar-refractivity contribution in [2.45, 2.75) is 11.8 Å². The minimum Gasteiger partial charge on any atom is -0.492 e. The molecule has 2 aromatic carbocycles. The second-order valence-corrected chi connectivity index (χ2v) is 7.95. The lowest BCUT2D eigenvalue weighted by molar-refractivity contribution is -0.127.